The number of anilines is 2. The van der Waals surface area contributed by atoms with E-state index >= 15 is 0 Å². The maximum atomic E-state index is 12.3. The highest BCUT2D eigenvalue weighted by atomic mass is 16.5. The van der Waals surface area contributed by atoms with Gasteiger partial charge in [0.05, 0.1) is 0 Å². The Hall–Kier alpha value is -4.12. The molecule has 31 heavy (non-hydrogen) atoms. The van der Waals surface area contributed by atoms with Gasteiger partial charge in [-0.2, -0.15) is 0 Å². The highest BCUT2D eigenvalue weighted by Gasteiger charge is 2.09. The van der Waals surface area contributed by atoms with Gasteiger partial charge in [-0.15, -0.1) is 0 Å². The molecule has 5 nitrogen and oxygen atoms in total. The van der Waals surface area contributed by atoms with Crippen molar-refractivity contribution in [2.24, 2.45) is 0 Å². The molecule has 4 aromatic rings. The minimum Gasteiger partial charge on any atom is -0.484 e. The van der Waals surface area contributed by atoms with Crippen molar-refractivity contribution in [3.63, 3.8) is 0 Å². The summed E-state index contributed by atoms with van der Waals surface area (Å²) in [6.45, 7) is 1.78. The van der Waals surface area contributed by atoms with Crippen molar-refractivity contribution in [1.29, 1.82) is 0 Å². The fraction of sp³-hybridized carbons (Fsp3) is 0.0769. The first-order chi connectivity index (χ1) is 15.1. The van der Waals surface area contributed by atoms with Crippen molar-refractivity contribution in [2.45, 2.75) is 6.92 Å². The fourth-order valence-corrected chi connectivity index (χ4v) is 3.27. The average molecular weight is 410 g/mol. The number of benzene rings is 4. The lowest BCUT2D eigenvalue weighted by atomic mass is 10.1. The summed E-state index contributed by atoms with van der Waals surface area (Å²) in [5.41, 5.74) is 2.77. The lowest BCUT2D eigenvalue weighted by Gasteiger charge is -2.12. The van der Waals surface area contributed by atoms with E-state index in [1.807, 2.05) is 73.7 Å². The topological polar surface area (TPSA) is 67.4 Å². The molecule has 4 aromatic carbocycles. The number of carbonyl (C=O) groups excluding carboxylic acids is 2. The third-order valence-electron chi connectivity index (χ3n) is 4.89. The van der Waals surface area contributed by atoms with Crippen molar-refractivity contribution >= 4 is 34.0 Å². The summed E-state index contributed by atoms with van der Waals surface area (Å²) in [5.74, 6) is 0.210. The second-order valence-corrected chi connectivity index (χ2v) is 7.20. The van der Waals surface area contributed by atoms with Crippen molar-refractivity contribution < 1.29 is 14.3 Å². The Morgan fingerprint density at radius 2 is 1.52 bits per heavy atom. The van der Waals surface area contributed by atoms with Crippen molar-refractivity contribution in [3.8, 4) is 5.75 Å². The van der Waals surface area contributed by atoms with Crippen LogP contribution in [0.5, 0.6) is 5.75 Å². The zero-order chi connectivity index (χ0) is 21.6. The molecule has 4 rings (SSSR count). The van der Waals surface area contributed by atoms with E-state index in [0.29, 0.717) is 22.7 Å². The number of rotatable bonds is 6. The minimum absolute atomic E-state index is 0.0934. The van der Waals surface area contributed by atoms with Crippen LogP contribution in [0.15, 0.2) is 91.0 Å². The molecule has 0 spiro atoms. The standard InChI is InChI=1S/C26H22N2O3/c1-18-15-22(12-14-24(18)28-26(30)20-8-3-2-4-9-20)27-25(29)17-31-23-13-11-19-7-5-6-10-21(19)16-23/h2-16H,17H2,1H3,(H,27,29)(H,28,30). The van der Waals surface area contributed by atoms with Gasteiger partial charge in [-0.1, -0.05) is 48.5 Å². The molecule has 0 aromatic heterocycles. The predicted octanol–water partition coefficient (Wildman–Crippen LogP) is 5.42. The predicted molar refractivity (Wildman–Crippen MR) is 124 cm³/mol. The summed E-state index contributed by atoms with van der Waals surface area (Å²) >= 11 is 0. The van der Waals surface area contributed by atoms with Crippen LogP contribution in [0.1, 0.15) is 15.9 Å². The zero-order valence-corrected chi connectivity index (χ0v) is 17.1. The molecule has 0 aliphatic carbocycles. The Bertz CT molecular complexity index is 1240. The Morgan fingerprint density at radius 3 is 2.29 bits per heavy atom. The normalized spacial score (nSPS) is 10.5. The summed E-state index contributed by atoms with van der Waals surface area (Å²) in [7, 11) is 0. The molecule has 0 saturated carbocycles. The van der Waals surface area contributed by atoms with Crippen LogP contribution in [0, 0.1) is 6.92 Å². The van der Waals surface area contributed by atoms with Crippen molar-refractivity contribution in [1.82, 2.24) is 0 Å². The third kappa shape index (κ3) is 5.08. The molecule has 0 fully saturated rings. The van der Waals surface area contributed by atoms with Crippen LogP contribution in [-0.4, -0.2) is 18.4 Å². The smallest absolute Gasteiger partial charge is 0.262 e. The van der Waals surface area contributed by atoms with Crippen LogP contribution in [0.25, 0.3) is 10.8 Å². The number of aryl methyl sites for hydroxylation is 1. The molecule has 154 valence electrons. The van der Waals surface area contributed by atoms with Gasteiger partial charge in [-0.25, -0.2) is 0 Å². The summed E-state index contributed by atoms with van der Waals surface area (Å²) in [4.78, 5) is 24.6. The first-order valence-corrected chi connectivity index (χ1v) is 9.97. The van der Waals surface area contributed by atoms with Crippen LogP contribution in [-0.2, 0) is 4.79 Å². The van der Waals surface area contributed by atoms with E-state index in [1.54, 1.807) is 24.3 Å². The van der Waals surface area contributed by atoms with Crippen molar-refractivity contribution in [3.05, 3.63) is 102 Å². The van der Waals surface area contributed by atoms with Gasteiger partial charge in [-0.3, -0.25) is 9.59 Å². The highest BCUT2D eigenvalue weighted by molar-refractivity contribution is 6.04. The number of hydrogen-bond acceptors (Lipinski definition) is 3. The second-order valence-electron chi connectivity index (χ2n) is 7.20. The largest absolute Gasteiger partial charge is 0.484 e. The van der Waals surface area contributed by atoms with E-state index in [1.165, 1.54) is 0 Å². The Morgan fingerprint density at radius 1 is 0.774 bits per heavy atom. The average Bonchev–Trinajstić information content (AvgIpc) is 2.80. The molecule has 0 atom stereocenters. The Labute approximate surface area is 180 Å². The van der Waals surface area contributed by atoms with Gasteiger partial charge in [-0.05, 0) is 65.7 Å². The van der Waals surface area contributed by atoms with E-state index < -0.39 is 0 Å². The first-order valence-electron chi connectivity index (χ1n) is 9.97. The summed E-state index contributed by atoms with van der Waals surface area (Å²) < 4.78 is 5.63. The molecular weight excluding hydrogens is 388 g/mol. The van der Waals surface area contributed by atoms with Gasteiger partial charge in [0, 0.05) is 16.9 Å². The fourth-order valence-electron chi connectivity index (χ4n) is 3.27. The van der Waals surface area contributed by atoms with Gasteiger partial charge in [0.25, 0.3) is 11.8 Å². The molecule has 0 heterocycles. The third-order valence-corrected chi connectivity index (χ3v) is 4.89. The molecular formula is C26H22N2O3. The zero-order valence-electron chi connectivity index (χ0n) is 17.1. The van der Waals surface area contributed by atoms with E-state index in [9.17, 15) is 9.59 Å². The van der Waals surface area contributed by atoms with Gasteiger partial charge >= 0.3 is 0 Å². The maximum absolute atomic E-state index is 12.3. The molecule has 0 bridgehead atoms. The van der Waals surface area contributed by atoms with Gasteiger partial charge in [0.1, 0.15) is 5.75 Å². The number of carbonyl (C=O) groups is 2. The number of ether oxygens (including phenoxy) is 1. The number of amides is 2. The monoisotopic (exact) mass is 410 g/mol. The SMILES string of the molecule is Cc1cc(NC(=O)COc2ccc3ccccc3c2)ccc1NC(=O)c1ccccc1. The van der Waals surface area contributed by atoms with E-state index in [2.05, 4.69) is 10.6 Å². The van der Waals surface area contributed by atoms with Crippen LogP contribution in [0.4, 0.5) is 11.4 Å². The van der Waals surface area contributed by atoms with E-state index in [-0.39, 0.29) is 18.4 Å². The lowest BCUT2D eigenvalue weighted by Crippen LogP contribution is -2.20. The second kappa shape index (κ2) is 9.13. The van der Waals surface area contributed by atoms with Crippen LogP contribution >= 0.6 is 0 Å². The Kier molecular flexibility index (Phi) is 5.94. The van der Waals surface area contributed by atoms with Gasteiger partial charge in [0.2, 0.25) is 0 Å². The molecule has 0 aliphatic heterocycles. The number of nitrogens with one attached hydrogen (secondary N) is 2. The minimum atomic E-state index is -0.256. The van der Waals surface area contributed by atoms with Gasteiger partial charge < -0.3 is 15.4 Å². The van der Waals surface area contributed by atoms with E-state index in [4.69, 9.17) is 4.74 Å². The first kappa shape index (κ1) is 20.2. The van der Waals surface area contributed by atoms with Crippen LogP contribution in [0.2, 0.25) is 0 Å². The molecule has 2 amide bonds. The Balaban J connectivity index is 1.34. The van der Waals surface area contributed by atoms with Gasteiger partial charge in [0.15, 0.2) is 6.61 Å². The van der Waals surface area contributed by atoms with E-state index in [0.717, 1.165) is 16.3 Å². The summed E-state index contributed by atoms with van der Waals surface area (Å²) in [6.07, 6.45) is 0. The molecule has 0 saturated heterocycles. The maximum Gasteiger partial charge on any atom is 0.262 e. The lowest BCUT2D eigenvalue weighted by molar-refractivity contribution is -0.118. The summed E-state index contributed by atoms with van der Waals surface area (Å²) in [6, 6.07) is 28.1. The molecule has 5 heteroatoms. The quantitative estimate of drug-likeness (QED) is 0.446. The van der Waals surface area contributed by atoms with Crippen molar-refractivity contribution in [2.75, 3.05) is 17.2 Å². The molecule has 2 N–H and O–H groups in total. The van der Waals surface area contributed by atoms with Crippen LogP contribution < -0.4 is 15.4 Å². The molecule has 0 radical (unpaired) electrons. The van der Waals surface area contributed by atoms with Crippen LogP contribution in [0.3, 0.4) is 0 Å². The molecule has 0 aliphatic rings. The molecule has 0 unspecified atom stereocenters. The summed E-state index contributed by atoms with van der Waals surface area (Å²) in [5, 5.41) is 7.90. The number of fused-ring (bicyclic) bond motifs is 1. The highest BCUT2D eigenvalue weighted by Crippen LogP contribution is 2.22. The number of hydrogen-bond donors (Lipinski definition) is 2.